The molecule has 0 spiro atoms. The van der Waals surface area contributed by atoms with Gasteiger partial charge in [0.25, 0.3) is 0 Å². The first kappa shape index (κ1) is 22.8. The minimum atomic E-state index is -0.0879. The molecule has 2 aromatic rings. The molecule has 0 radical (unpaired) electrons. The van der Waals surface area contributed by atoms with Crippen molar-refractivity contribution in [3.05, 3.63) is 65.7 Å². The van der Waals surface area contributed by atoms with Crippen LogP contribution in [-0.2, 0) is 17.9 Å². The number of halogens is 1. The average molecular weight is 482 g/mol. The lowest BCUT2D eigenvalue weighted by Crippen LogP contribution is -2.42. The van der Waals surface area contributed by atoms with Crippen molar-refractivity contribution < 1.29 is 9.53 Å². The second-order valence-electron chi connectivity index (χ2n) is 6.00. The van der Waals surface area contributed by atoms with Crippen LogP contribution in [0.5, 0.6) is 5.75 Å². The van der Waals surface area contributed by atoms with E-state index in [1.165, 1.54) is 0 Å². The molecule has 2 N–H and O–H groups in total. The molecule has 0 atom stereocenters. The molecule has 0 saturated heterocycles. The van der Waals surface area contributed by atoms with E-state index >= 15 is 0 Å². The molecular weight excluding hydrogens is 455 g/mol. The molecule has 0 heterocycles. The van der Waals surface area contributed by atoms with Gasteiger partial charge in [0.05, 0.1) is 20.2 Å². The van der Waals surface area contributed by atoms with Gasteiger partial charge in [0.15, 0.2) is 5.96 Å². The number of benzene rings is 2. The fraction of sp³-hybridized carbons (Fsp3) is 0.300. The molecule has 2 aromatic carbocycles. The van der Waals surface area contributed by atoms with Gasteiger partial charge in [-0.25, -0.2) is 4.99 Å². The minimum absolute atomic E-state index is 0. The van der Waals surface area contributed by atoms with E-state index in [-0.39, 0.29) is 36.4 Å². The van der Waals surface area contributed by atoms with Gasteiger partial charge in [-0.1, -0.05) is 42.5 Å². The molecular formula is C20H27IN4O2. The van der Waals surface area contributed by atoms with Crippen LogP contribution < -0.4 is 15.4 Å². The molecule has 0 unspecified atom stereocenters. The van der Waals surface area contributed by atoms with Crippen molar-refractivity contribution in [3.63, 3.8) is 0 Å². The number of guanidine groups is 1. The fourth-order valence-corrected chi connectivity index (χ4v) is 2.27. The number of aliphatic imine (C=N–C) groups is 1. The quantitative estimate of drug-likeness (QED) is 0.362. The van der Waals surface area contributed by atoms with Crippen molar-refractivity contribution in [2.24, 2.45) is 4.99 Å². The van der Waals surface area contributed by atoms with Crippen LogP contribution in [-0.4, -0.2) is 44.5 Å². The maximum atomic E-state index is 12.1. The van der Waals surface area contributed by atoms with Crippen LogP contribution in [0.15, 0.2) is 59.6 Å². The SMILES string of the molecule is COc1ccc(CNC(=O)CNC(=NCc2ccccc2)N(C)C)cc1.I. The van der Waals surface area contributed by atoms with Crippen LogP contribution in [0.3, 0.4) is 0 Å². The third kappa shape index (κ3) is 8.29. The predicted molar refractivity (Wildman–Crippen MR) is 120 cm³/mol. The molecule has 6 nitrogen and oxygen atoms in total. The first-order chi connectivity index (χ1) is 12.6. The highest BCUT2D eigenvalue weighted by Gasteiger charge is 2.06. The van der Waals surface area contributed by atoms with Crippen molar-refractivity contribution >= 4 is 35.8 Å². The number of hydrogen-bond donors (Lipinski definition) is 2. The highest BCUT2D eigenvalue weighted by atomic mass is 127. The van der Waals surface area contributed by atoms with E-state index < -0.39 is 0 Å². The summed E-state index contributed by atoms with van der Waals surface area (Å²) in [4.78, 5) is 18.5. The molecule has 0 aliphatic heterocycles. The van der Waals surface area contributed by atoms with Crippen LogP contribution in [0.1, 0.15) is 11.1 Å². The maximum absolute atomic E-state index is 12.1. The van der Waals surface area contributed by atoms with Gasteiger partial charge >= 0.3 is 0 Å². The van der Waals surface area contributed by atoms with Crippen molar-refractivity contribution in [1.29, 1.82) is 0 Å². The van der Waals surface area contributed by atoms with Gasteiger partial charge in [0.2, 0.25) is 5.91 Å². The third-order valence-corrected chi connectivity index (χ3v) is 3.73. The Balaban J connectivity index is 0.00000364. The largest absolute Gasteiger partial charge is 0.497 e. The summed E-state index contributed by atoms with van der Waals surface area (Å²) < 4.78 is 5.12. The Morgan fingerprint density at radius 1 is 1.00 bits per heavy atom. The molecule has 1 amide bonds. The summed E-state index contributed by atoms with van der Waals surface area (Å²) in [6.45, 7) is 1.21. The van der Waals surface area contributed by atoms with E-state index in [9.17, 15) is 4.79 Å². The van der Waals surface area contributed by atoms with Gasteiger partial charge in [-0.15, -0.1) is 24.0 Å². The molecule has 0 aromatic heterocycles. The summed E-state index contributed by atoms with van der Waals surface area (Å²) in [5.41, 5.74) is 2.14. The Morgan fingerprint density at radius 3 is 2.26 bits per heavy atom. The van der Waals surface area contributed by atoms with Gasteiger partial charge < -0.3 is 20.3 Å². The lowest BCUT2D eigenvalue weighted by molar-refractivity contribution is -0.120. The molecule has 2 rings (SSSR count). The van der Waals surface area contributed by atoms with Crippen LogP contribution in [0, 0.1) is 0 Å². The van der Waals surface area contributed by atoms with Gasteiger partial charge in [-0.2, -0.15) is 0 Å². The molecule has 0 fully saturated rings. The molecule has 0 saturated carbocycles. The predicted octanol–water partition coefficient (Wildman–Crippen LogP) is 2.64. The zero-order valence-corrected chi connectivity index (χ0v) is 18.3. The Morgan fingerprint density at radius 2 is 1.67 bits per heavy atom. The Hall–Kier alpha value is -2.29. The number of methoxy groups -OCH3 is 1. The van der Waals surface area contributed by atoms with Gasteiger partial charge in [0, 0.05) is 20.6 Å². The highest BCUT2D eigenvalue weighted by molar-refractivity contribution is 14.0. The van der Waals surface area contributed by atoms with Crippen molar-refractivity contribution in [1.82, 2.24) is 15.5 Å². The number of nitrogens with zero attached hydrogens (tertiary/aromatic N) is 2. The Bertz CT molecular complexity index is 719. The molecule has 0 bridgehead atoms. The second-order valence-corrected chi connectivity index (χ2v) is 6.00. The second kappa shape index (κ2) is 12.2. The summed E-state index contributed by atoms with van der Waals surface area (Å²) in [7, 11) is 5.42. The Kier molecular flexibility index (Phi) is 10.2. The monoisotopic (exact) mass is 482 g/mol. The normalized spacial score (nSPS) is 10.6. The number of hydrogen-bond acceptors (Lipinski definition) is 3. The number of carbonyl (C=O) groups excluding carboxylic acids is 1. The zero-order valence-electron chi connectivity index (χ0n) is 15.9. The summed E-state index contributed by atoms with van der Waals surface area (Å²) in [5.74, 6) is 1.38. The molecule has 0 aliphatic carbocycles. The maximum Gasteiger partial charge on any atom is 0.239 e. The van der Waals surface area contributed by atoms with Gasteiger partial charge in [0.1, 0.15) is 5.75 Å². The van der Waals surface area contributed by atoms with E-state index in [0.717, 1.165) is 16.9 Å². The van der Waals surface area contributed by atoms with Crippen molar-refractivity contribution in [2.45, 2.75) is 13.1 Å². The summed E-state index contributed by atoms with van der Waals surface area (Å²) in [5, 5.41) is 5.98. The topological polar surface area (TPSA) is 66.0 Å². The molecule has 0 aliphatic rings. The summed E-state index contributed by atoms with van der Waals surface area (Å²) >= 11 is 0. The number of rotatable bonds is 7. The highest BCUT2D eigenvalue weighted by Crippen LogP contribution is 2.10. The van der Waals surface area contributed by atoms with Gasteiger partial charge in [-0.05, 0) is 23.3 Å². The van der Waals surface area contributed by atoms with E-state index in [1.807, 2.05) is 73.6 Å². The number of amides is 1. The lowest BCUT2D eigenvalue weighted by atomic mass is 10.2. The first-order valence-electron chi connectivity index (χ1n) is 8.47. The third-order valence-electron chi connectivity index (χ3n) is 3.73. The van der Waals surface area contributed by atoms with E-state index in [4.69, 9.17) is 4.74 Å². The summed E-state index contributed by atoms with van der Waals surface area (Å²) in [6, 6.07) is 17.6. The van der Waals surface area contributed by atoms with Crippen LogP contribution >= 0.6 is 24.0 Å². The smallest absolute Gasteiger partial charge is 0.239 e. The summed E-state index contributed by atoms with van der Waals surface area (Å²) in [6.07, 6.45) is 0. The molecule has 146 valence electrons. The number of carbonyl (C=O) groups is 1. The van der Waals surface area contributed by atoms with E-state index in [1.54, 1.807) is 7.11 Å². The van der Waals surface area contributed by atoms with Crippen LogP contribution in [0.2, 0.25) is 0 Å². The Labute approximate surface area is 178 Å². The molecule has 27 heavy (non-hydrogen) atoms. The average Bonchev–Trinajstić information content (AvgIpc) is 2.67. The number of nitrogens with one attached hydrogen (secondary N) is 2. The van der Waals surface area contributed by atoms with Gasteiger partial charge in [-0.3, -0.25) is 4.79 Å². The van der Waals surface area contributed by atoms with Crippen LogP contribution in [0.4, 0.5) is 0 Å². The fourth-order valence-electron chi connectivity index (χ4n) is 2.27. The van der Waals surface area contributed by atoms with Crippen molar-refractivity contribution in [2.75, 3.05) is 27.7 Å². The molecule has 7 heteroatoms. The standard InChI is InChI=1S/C20H26N4O2.HI/c1-24(2)20(22-14-16-7-5-4-6-8-16)23-15-19(25)21-13-17-9-11-18(26-3)12-10-17;/h4-12H,13-15H2,1-3H3,(H,21,25)(H,22,23);1H. The lowest BCUT2D eigenvalue weighted by Gasteiger charge is -2.17. The minimum Gasteiger partial charge on any atom is -0.497 e. The first-order valence-corrected chi connectivity index (χ1v) is 8.47. The zero-order chi connectivity index (χ0) is 18.8. The number of ether oxygens (including phenoxy) is 1. The van der Waals surface area contributed by atoms with E-state index in [2.05, 4.69) is 15.6 Å². The van der Waals surface area contributed by atoms with Crippen molar-refractivity contribution in [3.8, 4) is 5.75 Å². The van der Waals surface area contributed by atoms with E-state index in [0.29, 0.717) is 19.0 Å². The van der Waals surface area contributed by atoms with Crippen LogP contribution in [0.25, 0.3) is 0 Å².